The van der Waals surface area contributed by atoms with Crippen molar-refractivity contribution in [3.8, 4) is 17.2 Å². The standard InChI is InChI=1S/C21H25N3O6/c1-7-30-21(26)16-10-15(12(2)23-13(16)3)20(25)24-22-11-14-8-17(27-4)19(29-6)18(9-14)28-5/h8-11H,7H2,1-6H3,(H,24,25)/b22-11-. The third kappa shape index (κ3) is 5.05. The molecule has 1 aromatic carbocycles. The molecular formula is C21H25N3O6. The summed E-state index contributed by atoms with van der Waals surface area (Å²) >= 11 is 0. The lowest BCUT2D eigenvalue weighted by atomic mass is 10.1. The molecule has 0 aliphatic heterocycles. The van der Waals surface area contributed by atoms with Gasteiger partial charge in [0.05, 0.1) is 56.7 Å². The van der Waals surface area contributed by atoms with Gasteiger partial charge in [0.2, 0.25) is 5.75 Å². The fourth-order valence-electron chi connectivity index (χ4n) is 2.77. The van der Waals surface area contributed by atoms with Gasteiger partial charge in [0.1, 0.15) is 0 Å². The Hall–Kier alpha value is -3.62. The highest BCUT2D eigenvalue weighted by atomic mass is 16.5. The summed E-state index contributed by atoms with van der Waals surface area (Å²) < 4.78 is 20.9. The molecule has 0 saturated heterocycles. The van der Waals surface area contributed by atoms with Crippen LogP contribution in [0.2, 0.25) is 0 Å². The minimum Gasteiger partial charge on any atom is -0.493 e. The number of hydrazone groups is 1. The molecule has 0 spiro atoms. The van der Waals surface area contributed by atoms with Crippen molar-refractivity contribution < 1.29 is 28.5 Å². The summed E-state index contributed by atoms with van der Waals surface area (Å²) in [6.07, 6.45) is 1.44. The fourth-order valence-corrected chi connectivity index (χ4v) is 2.77. The van der Waals surface area contributed by atoms with Crippen LogP contribution in [0.4, 0.5) is 0 Å². The second-order valence-corrected chi connectivity index (χ2v) is 6.13. The molecule has 0 fully saturated rings. The summed E-state index contributed by atoms with van der Waals surface area (Å²) in [4.78, 5) is 28.9. The van der Waals surface area contributed by atoms with Crippen molar-refractivity contribution in [3.05, 3.63) is 46.3 Å². The lowest BCUT2D eigenvalue weighted by Gasteiger charge is -2.12. The van der Waals surface area contributed by atoms with E-state index in [1.165, 1.54) is 33.6 Å². The van der Waals surface area contributed by atoms with E-state index in [1.54, 1.807) is 32.9 Å². The summed E-state index contributed by atoms with van der Waals surface area (Å²) in [5.41, 5.74) is 4.48. The van der Waals surface area contributed by atoms with E-state index >= 15 is 0 Å². The van der Waals surface area contributed by atoms with Crippen LogP contribution >= 0.6 is 0 Å². The molecule has 1 aromatic heterocycles. The Morgan fingerprint density at radius 2 is 1.60 bits per heavy atom. The zero-order valence-corrected chi connectivity index (χ0v) is 17.9. The number of nitrogens with one attached hydrogen (secondary N) is 1. The van der Waals surface area contributed by atoms with Crippen LogP contribution in [0.1, 0.15) is 44.6 Å². The second kappa shape index (κ2) is 10.2. The first-order chi connectivity index (χ1) is 14.4. The number of aromatic nitrogens is 1. The Kier molecular flexibility index (Phi) is 7.74. The first-order valence-electron chi connectivity index (χ1n) is 9.15. The van der Waals surface area contributed by atoms with E-state index in [0.29, 0.717) is 34.2 Å². The number of esters is 1. The zero-order valence-electron chi connectivity index (χ0n) is 17.9. The van der Waals surface area contributed by atoms with Gasteiger partial charge in [-0.3, -0.25) is 9.78 Å². The molecule has 0 aliphatic rings. The molecule has 0 atom stereocenters. The Balaban J connectivity index is 2.24. The number of aryl methyl sites for hydroxylation is 2. The minimum absolute atomic E-state index is 0.227. The van der Waals surface area contributed by atoms with E-state index < -0.39 is 11.9 Å². The number of hydrogen-bond acceptors (Lipinski definition) is 8. The van der Waals surface area contributed by atoms with Gasteiger partial charge in [-0.05, 0) is 39.0 Å². The molecule has 9 heteroatoms. The summed E-state index contributed by atoms with van der Waals surface area (Å²) in [5.74, 6) is 0.338. The number of methoxy groups -OCH3 is 3. The largest absolute Gasteiger partial charge is 0.493 e. The van der Waals surface area contributed by atoms with E-state index in [1.807, 2.05) is 0 Å². The number of nitrogens with zero attached hydrogens (tertiary/aromatic N) is 2. The molecule has 160 valence electrons. The molecule has 0 radical (unpaired) electrons. The number of carbonyl (C=O) groups is 2. The van der Waals surface area contributed by atoms with Crippen LogP contribution in [0.15, 0.2) is 23.3 Å². The summed E-state index contributed by atoms with van der Waals surface area (Å²) in [7, 11) is 4.53. The first-order valence-corrected chi connectivity index (χ1v) is 9.15. The van der Waals surface area contributed by atoms with Crippen molar-refractivity contribution in [1.82, 2.24) is 10.4 Å². The molecule has 2 rings (SSSR count). The minimum atomic E-state index is -0.530. The van der Waals surface area contributed by atoms with Crippen molar-refractivity contribution in [2.75, 3.05) is 27.9 Å². The maximum Gasteiger partial charge on any atom is 0.339 e. The molecule has 0 unspecified atom stereocenters. The van der Waals surface area contributed by atoms with Crippen LogP contribution in [-0.4, -0.2) is 51.0 Å². The average molecular weight is 415 g/mol. The van der Waals surface area contributed by atoms with Gasteiger partial charge in [-0.2, -0.15) is 5.10 Å². The molecule has 1 heterocycles. The van der Waals surface area contributed by atoms with Crippen molar-refractivity contribution >= 4 is 18.1 Å². The monoisotopic (exact) mass is 415 g/mol. The normalized spacial score (nSPS) is 10.6. The summed E-state index contributed by atoms with van der Waals surface area (Å²) in [5, 5.41) is 3.98. The first kappa shape index (κ1) is 22.7. The van der Waals surface area contributed by atoms with Gasteiger partial charge in [-0.1, -0.05) is 0 Å². The van der Waals surface area contributed by atoms with Gasteiger partial charge in [0.15, 0.2) is 11.5 Å². The third-order valence-electron chi connectivity index (χ3n) is 4.21. The van der Waals surface area contributed by atoms with E-state index in [0.717, 1.165) is 0 Å². The Morgan fingerprint density at radius 1 is 1.00 bits per heavy atom. The molecule has 30 heavy (non-hydrogen) atoms. The predicted molar refractivity (Wildman–Crippen MR) is 111 cm³/mol. The Bertz CT molecular complexity index is 946. The lowest BCUT2D eigenvalue weighted by molar-refractivity contribution is 0.0525. The van der Waals surface area contributed by atoms with Crippen LogP contribution < -0.4 is 19.6 Å². The highest BCUT2D eigenvalue weighted by Gasteiger charge is 2.18. The van der Waals surface area contributed by atoms with E-state index in [9.17, 15) is 9.59 Å². The van der Waals surface area contributed by atoms with Crippen molar-refractivity contribution in [2.45, 2.75) is 20.8 Å². The van der Waals surface area contributed by atoms with E-state index in [2.05, 4.69) is 15.5 Å². The topological polar surface area (TPSA) is 108 Å². The van der Waals surface area contributed by atoms with Crippen LogP contribution in [0.5, 0.6) is 17.2 Å². The van der Waals surface area contributed by atoms with Gasteiger partial charge in [-0.15, -0.1) is 0 Å². The average Bonchev–Trinajstić information content (AvgIpc) is 2.72. The smallest absolute Gasteiger partial charge is 0.339 e. The summed E-state index contributed by atoms with van der Waals surface area (Å²) in [6.45, 7) is 5.30. The molecule has 9 nitrogen and oxygen atoms in total. The number of amides is 1. The van der Waals surface area contributed by atoms with Crippen LogP contribution in [0.3, 0.4) is 0 Å². The summed E-state index contributed by atoms with van der Waals surface area (Å²) in [6, 6.07) is 4.84. The van der Waals surface area contributed by atoms with E-state index in [4.69, 9.17) is 18.9 Å². The maximum atomic E-state index is 12.6. The predicted octanol–water partition coefficient (Wildman–Crippen LogP) is 2.66. The molecule has 2 aromatic rings. The van der Waals surface area contributed by atoms with Crippen molar-refractivity contribution in [3.63, 3.8) is 0 Å². The molecule has 0 saturated carbocycles. The number of hydrogen-bond donors (Lipinski definition) is 1. The molecule has 0 bridgehead atoms. The van der Waals surface area contributed by atoms with Crippen LogP contribution in [0, 0.1) is 13.8 Å². The molecule has 1 N–H and O–H groups in total. The van der Waals surface area contributed by atoms with Gasteiger partial charge in [0, 0.05) is 5.56 Å². The van der Waals surface area contributed by atoms with E-state index in [-0.39, 0.29) is 17.7 Å². The zero-order chi connectivity index (χ0) is 22.3. The maximum absolute atomic E-state index is 12.6. The fraction of sp³-hybridized carbons (Fsp3) is 0.333. The number of rotatable bonds is 8. The van der Waals surface area contributed by atoms with Gasteiger partial charge in [-0.25, -0.2) is 10.2 Å². The quantitative estimate of drug-likeness (QED) is 0.401. The van der Waals surface area contributed by atoms with Gasteiger partial charge < -0.3 is 18.9 Å². The lowest BCUT2D eigenvalue weighted by Crippen LogP contribution is -2.21. The second-order valence-electron chi connectivity index (χ2n) is 6.13. The SMILES string of the molecule is CCOC(=O)c1cc(C(=O)N/N=C\c2cc(OC)c(OC)c(OC)c2)c(C)nc1C. The Morgan fingerprint density at radius 3 is 2.13 bits per heavy atom. The van der Waals surface area contributed by atoms with Crippen molar-refractivity contribution in [2.24, 2.45) is 5.10 Å². The van der Waals surface area contributed by atoms with Crippen molar-refractivity contribution in [1.29, 1.82) is 0 Å². The highest BCUT2D eigenvalue weighted by Crippen LogP contribution is 2.37. The molecule has 1 amide bonds. The number of carbonyl (C=O) groups excluding carboxylic acids is 2. The number of benzene rings is 1. The van der Waals surface area contributed by atoms with Gasteiger partial charge >= 0.3 is 5.97 Å². The Labute approximate surface area is 175 Å². The van der Waals surface area contributed by atoms with Gasteiger partial charge in [0.25, 0.3) is 5.91 Å². The number of ether oxygens (including phenoxy) is 4. The molecular weight excluding hydrogens is 390 g/mol. The third-order valence-corrected chi connectivity index (χ3v) is 4.21. The van der Waals surface area contributed by atoms with Crippen LogP contribution in [0.25, 0.3) is 0 Å². The van der Waals surface area contributed by atoms with Crippen LogP contribution in [-0.2, 0) is 4.74 Å². The molecule has 0 aliphatic carbocycles. The number of pyridine rings is 1. The highest BCUT2D eigenvalue weighted by molar-refractivity contribution is 5.99.